The number of likely N-dealkylation sites (tertiary alicyclic amines) is 1. The van der Waals surface area contributed by atoms with Crippen molar-refractivity contribution in [3.63, 3.8) is 0 Å². The predicted molar refractivity (Wildman–Crippen MR) is 82.8 cm³/mol. The van der Waals surface area contributed by atoms with E-state index in [1.165, 1.54) is 11.3 Å². The molecule has 2 N–H and O–H groups in total. The first-order valence-electron chi connectivity index (χ1n) is 7.37. The van der Waals surface area contributed by atoms with Crippen LogP contribution < -0.4 is 10.6 Å². The van der Waals surface area contributed by atoms with Crippen molar-refractivity contribution in [1.82, 2.24) is 4.90 Å². The average molecular weight is 275 g/mol. The molecule has 4 nitrogen and oxygen atoms in total. The topological polar surface area (TPSA) is 49.6 Å². The highest BCUT2D eigenvalue weighted by molar-refractivity contribution is 5.79. The number of hydrogen-bond donors (Lipinski definition) is 1. The molecule has 1 saturated heterocycles. The van der Waals surface area contributed by atoms with E-state index in [0.29, 0.717) is 6.54 Å². The van der Waals surface area contributed by atoms with Gasteiger partial charge in [0.05, 0.1) is 5.92 Å². The molecule has 1 aliphatic rings. The van der Waals surface area contributed by atoms with Crippen LogP contribution >= 0.6 is 0 Å². The van der Waals surface area contributed by atoms with Gasteiger partial charge in [-0.25, -0.2) is 0 Å². The number of nitrogens with two attached hydrogens (primary N) is 1. The molecule has 1 unspecified atom stereocenters. The van der Waals surface area contributed by atoms with Crippen molar-refractivity contribution in [1.29, 1.82) is 0 Å². The highest BCUT2D eigenvalue weighted by Crippen LogP contribution is 2.18. The van der Waals surface area contributed by atoms with Gasteiger partial charge in [0, 0.05) is 39.4 Å². The minimum absolute atomic E-state index is 0.0849. The van der Waals surface area contributed by atoms with Crippen molar-refractivity contribution in [2.75, 3.05) is 38.6 Å². The largest absolute Gasteiger partial charge is 0.378 e. The van der Waals surface area contributed by atoms with Crippen LogP contribution in [0.3, 0.4) is 0 Å². The Hall–Kier alpha value is -1.55. The lowest BCUT2D eigenvalue weighted by atomic mass is 9.98. The monoisotopic (exact) mass is 275 g/mol. The van der Waals surface area contributed by atoms with Gasteiger partial charge in [0.15, 0.2) is 0 Å². The molecule has 0 radical (unpaired) electrons. The summed E-state index contributed by atoms with van der Waals surface area (Å²) in [5.74, 6) is 0.139. The zero-order valence-corrected chi connectivity index (χ0v) is 12.5. The summed E-state index contributed by atoms with van der Waals surface area (Å²) in [6, 6.07) is 8.36. The molecule has 0 spiro atoms. The Bertz CT molecular complexity index is 436. The van der Waals surface area contributed by atoms with E-state index < -0.39 is 0 Å². The first-order chi connectivity index (χ1) is 9.61. The molecule has 1 heterocycles. The van der Waals surface area contributed by atoms with Crippen molar-refractivity contribution in [2.45, 2.75) is 19.3 Å². The maximum atomic E-state index is 12.4. The van der Waals surface area contributed by atoms with Crippen LogP contribution in [0.25, 0.3) is 0 Å². The molecule has 1 atom stereocenters. The quantitative estimate of drug-likeness (QED) is 0.886. The van der Waals surface area contributed by atoms with Gasteiger partial charge in [0.2, 0.25) is 5.91 Å². The standard InChI is InChI=1S/C16H25N3O/c1-18(2)15-7-5-13(6-8-15)11-14(12-17)16(20)19-9-3-4-10-19/h5-8,14H,3-4,9-12,17H2,1-2H3. The van der Waals surface area contributed by atoms with Gasteiger partial charge in [-0.15, -0.1) is 0 Å². The summed E-state index contributed by atoms with van der Waals surface area (Å²) >= 11 is 0. The molecule has 0 bridgehead atoms. The van der Waals surface area contributed by atoms with Gasteiger partial charge in [0.1, 0.15) is 0 Å². The van der Waals surface area contributed by atoms with Crippen molar-refractivity contribution >= 4 is 11.6 Å². The third-order valence-corrected chi connectivity index (χ3v) is 3.99. The second-order valence-corrected chi connectivity index (χ2v) is 5.73. The second-order valence-electron chi connectivity index (χ2n) is 5.73. The molecule has 20 heavy (non-hydrogen) atoms. The van der Waals surface area contributed by atoms with Gasteiger partial charge in [-0.2, -0.15) is 0 Å². The molecule has 4 heteroatoms. The summed E-state index contributed by atoms with van der Waals surface area (Å²) in [4.78, 5) is 16.4. The SMILES string of the molecule is CN(C)c1ccc(CC(CN)C(=O)N2CCCC2)cc1. The van der Waals surface area contributed by atoms with E-state index in [2.05, 4.69) is 29.2 Å². The van der Waals surface area contributed by atoms with E-state index in [1.54, 1.807) is 0 Å². The molecule has 0 saturated carbocycles. The van der Waals surface area contributed by atoms with Crippen molar-refractivity contribution < 1.29 is 4.79 Å². The highest BCUT2D eigenvalue weighted by Gasteiger charge is 2.25. The van der Waals surface area contributed by atoms with Gasteiger partial charge >= 0.3 is 0 Å². The third-order valence-electron chi connectivity index (χ3n) is 3.99. The Labute approximate surface area is 121 Å². The normalized spacial score (nSPS) is 16.2. The molecule has 1 aromatic carbocycles. The van der Waals surface area contributed by atoms with E-state index in [0.717, 1.165) is 32.4 Å². The highest BCUT2D eigenvalue weighted by atomic mass is 16.2. The van der Waals surface area contributed by atoms with Crippen LogP contribution in [-0.4, -0.2) is 44.5 Å². The number of carbonyl (C=O) groups is 1. The van der Waals surface area contributed by atoms with Crippen LogP contribution in [0.1, 0.15) is 18.4 Å². The molecule has 1 aliphatic heterocycles. The summed E-state index contributed by atoms with van der Waals surface area (Å²) in [6.45, 7) is 2.22. The molecule has 1 fully saturated rings. The fourth-order valence-electron chi connectivity index (χ4n) is 2.68. The number of benzene rings is 1. The lowest BCUT2D eigenvalue weighted by molar-refractivity contribution is -0.134. The number of hydrogen-bond acceptors (Lipinski definition) is 3. The fourth-order valence-corrected chi connectivity index (χ4v) is 2.68. The first kappa shape index (κ1) is 14.9. The van der Waals surface area contributed by atoms with Gasteiger partial charge in [-0.3, -0.25) is 4.79 Å². The third kappa shape index (κ3) is 3.51. The number of anilines is 1. The molecule has 1 amide bonds. The lowest BCUT2D eigenvalue weighted by Crippen LogP contribution is -2.38. The predicted octanol–water partition coefficient (Wildman–Crippen LogP) is 1.49. The van der Waals surface area contributed by atoms with E-state index in [4.69, 9.17) is 5.73 Å². The molecule has 1 aromatic rings. The average Bonchev–Trinajstić information content (AvgIpc) is 2.98. The molecule has 2 rings (SSSR count). The maximum Gasteiger partial charge on any atom is 0.227 e. The summed E-state index contributed by atoms with van der Waals surface area (Å²) < 4.78 is 0. The van der Waals surface area contributed by atoms with Crippen molar-refractivity contribution in [3.05, 3.63) is 29.8 Å². The van der Waals surface area contributed by atoms with Crippen LogP contribution in [-0.2, 0) is 11.2 Å². The number of nitrogens with zero attached hydrogens (tertiary/aromatic N) is 2. The van der Waals surface area contributed by atoms with Crippen molar-refractivity contribution in [2.24, 2.45) is 11.7 Å². The van der Waals surface area contributed by atoms with Crippen LogP contribution in [0.4, 0.5) is 5.69 Å². The summed E-state index contributed by atoms with van der Waals surface area (Å²) in [6.07, 6.45) is 2.99. The first-order valence-corrected chi connectivity index (χ1v) is 7.37. The van der Waals surface area contributed by atoms with E-state index in [9.17, 15) is 4.79 Å². The molecular weight excluding hydrogens is 250 g/mol. The minimum Gasteiger partial charge on any atom is -0.378 e. The summed E-state index contributed by atoms with van der Waals surface area (Å²) in [5.41, 5.74) is 8.16. The molecule has 0 aromatic heterocycles. The van der Waals surface area contributed by atoms with E-state index in [-0.39, 0.29) is 11.8 Å². The zero-order valence-electron chi connectivity index (χ0n) is 12.5. The Morgan fingerprint density at radius 1 is 1.25 bits per heavy atom. The summed E-state index contributed by atoms with van der Waals surface area (Å²) in [5, 5.41) is 0. The minimum atomic E-state index is -0.0849. The maximum absolute atomic E-state index is 12.4. The number of carbonyl (C=O) groups excluding carboxylic acids is 1. The van der Waals surface area contributed by atoms with E-state index in [1.807, 2.05) is 19.0 Å². The van der Waals surface area contributed by atoms with Gasteiger partial charge in [0.25, 0.3) is 0 Å². The van der Waals surface area contributed by atoms with Gasteiger partial charge < -0.3 is 15.5 Å². The lowest BCUT2D eigenvalue weighted by Gasteiger charge is -2.22. The number of rotatable bonds is 5. The zero-order chi connectivity index (χ0) is 14.5. The second kappa shape index (κ2) is 6.75. The molecule has 0 aliphatic carbocycles. The Morgan fingerprint density at radius 3 is 2.35 bits per heavy atom. The van der Waals surface area contributed by atoms with Crippen molar-refractivity contribution in [3.8, 4) is 0 Å². The van der Waals surface area contributed by atoms with E-state index >= 15 is 0 Å². The van der Waals surface area contributed by atoms with Gasteiger partial charge in [-0.05, 0) is 37.0 Å². The fraction of sp³-hybridized carbons (Fsp3) is 0.562. The molecular formula is C16H25N3O. The van der Waals surface area contributed by atoms with Crippen LogP contribution in [0.2, 0.25) is 0 Å². The Balaban J connectivity index is 2.00. The Kier molecular flexibility index (Phi) is 5.01. The van der Waals surface area contributed by atoms with Crippen LogP contribution in [0, 0.1) is 5.92 Å². The van der Waals surface area contributed by atoms with Gasteiger partial charge in [-0.1, -0.05) is 12.1 Å². The number of amides is 1. The Morgan fingerprint density at radius 2 is 1.85 bits per heavy atom. The van der Waals surface area contributed by atoms with Crippen LogP contribution in [0.5, 0.6) is 0 Å². The van der Waals surface area contributed by atoms with Crippen LogP contribution in [0.15, 0.2) is 24.3 Å². The molecule has 110 valence electrons. The summed E-state index contributed by atoms with van der Waals surface area (Å²) in [7, 11) is 4.04. The smallest absolute Gasteiger partial charge is 0.227 e.